The topological polar surface area (TPSA) is 38.7 Å². The molecule has 0 unspecified atom stereocenters. The van der Waals surface area contributed by atoms with Gasteiger partial charge < -0.3 is 0 Å². The van der Waals surface area contributed by atoms with Crippen molar-refractivity contribution in [3.05, 3.63) is 176 Å². The summed E-state index contributed by atoms with van der Waals surface area (Å²) in [6.45, 7) is 0. The van der Waals surface area contributed by atoms with E-state index in [1.807, 2.05) is 6.07 Å². The molecule has 2 aromatic heterocycles. The third-order valence-corrected chi connectivity index (χ3v) is 11.6. The van der Waals surface area contributed by atoms with Crippen molar-refractivity contribution in [2.45, 2.75) is 0 Å². The van der Waals surface area contributed by atoms with Gasteiger partial charge in [0.1, 0.15) is 0 Å². The summed E-state index contributed by atoms with van der Waals surface area (Å²) < 4.78 is 2.80. The van der Waals surface area contributed by atoms with Crippen LogP contribution in [0.1, 0.15) is 0 Å². The van der Waals surface area contributed by atoms with Crippen LogP contribution in [0, 0.1) is 0 Å². The van der Waals surface area contributed by atoms with Crippen LogP contribution in [0.25, 0.3) is 86.2 Å². The zero-order valence-electron chi connectivity index (χ0n) is 26.5. The van der Waals surface area contributed by atoms with Gasteiger partial charge in [0.15, 0.2) is 0 Å². The molecule has 0 aliphatic carbocycles. The molecule has 0 amide bonds. The van der Waals surface area contributed by atoms with Gasteiger partial charge in [0.2, 0.25) is 0 Å². The Morgan fingerprint density at radius 3 is 1.67 bits per heavy atom. The Labute approximate surface area is 290 Å². The molecule has 3 nitrogen and oxygen atoms in total. The van der Waals surface area contributed by atoms with E-state index in [4.69, 9.17) is 5.10 Å². The van der Waals surface area contributed by atoms with Crippen molar-refractivity contribution in [1.82, 2.24) is 15.4 Å². The molecule has 0 spiro atoms. The van der Waals surface area contributed by atoms with Gasteiger partial charge in [-0.1, -0.05) is 0 Å². The van der Waals surface area contributed by atoms with Crippen LogP contribution in [-0.2, 0) is 0 Å². The number of fused-ring (bicyclic) bond motifs is 3. The van der Waals surface area contributed by atoms with E-state index in [0.29, 0.717) is 0 Å². The van der Waals surface area contributed by atoms with E-state index in [-0.39, 0.29) is 14.5 Å². The van der Waals surface area contributed by atoms with Gasteiger partial charge >= 0.3 is 292 Å². The molecule has 0 aliphatic rings. The van der Waals surface area contributed by atoms with Gasteiger partial charge in [0.05, 0.1) is 0 Å². The first-order valence-electron chi connectivity index (χ1n) is 16.4. The third kappa shape index (κ3) is 5.19. The van der Waals surface area contributed by atoms with E-state index in [1.54, 1.807) is 6.20 Å². The van der Waals surface area contributed by atoms with E-state index in [9.17, 15) is 0 Å². The molecule has 230 valence electrons. The number of benzene rings is 7. The summed E-state index contributed by atoms with van der Waals surface area (Å²) in [7, 11) is 0. The molecule has 2 heterocycles. The monoisotopic (exact) mass is 691 g/mol. The molecule has 0 fully saturated rings. The van der Waals surface area contributed by atoms with Crippen LogP contribution in [-0.4, -0.2) is 29.9 Å². The number of hydrogen-bond donors (Lipinski definition) is 0. The van der Waals surface area contributed by atoms with E-state index in [1.165, 1.54) is 47.1 Å². The fraction of sp³-hybridized carbons (Fsp3) is 0. The first-order chi connectivity index (χ1) is 24.3. The molecule has 49 heavy (non-hydrogen) atoms. The predicted octanol–water partition coefficient (Wildman–Crippen LogP) is 11.2. The van der Waals surface area contributed by atoms with Crippen molar-refractivity contribution in [1.29, 1.82) is 0 Å². The van der Waals surface area contributed by atoms with Crippen LogP contribution in [0.3, 0.4) is 0 Å². The molecule has 9 rings (SSSR count). The predicted molar refractivity (Wildman–Crippen MR) is 204 cm³/mol. The molecule has 9 aromatic rings. The fourth-order valence-corrected chi connectivity index (χ4v) is 9.46. The van der Waals surface area contributed by atoms with Gasteiger partial charge in [-0.15, -0.1) is 0 Å². The average molecular weight is 691 g/mol. The van der Waals surface area contributed by atoms with Crippen LogP contribution in [0.5, 0.6) is 0 Å². The minimum atomic E-state index is 0.195. The Kier molecular flexibility index (Phi) is 7.51. The third-order valence-electron chi connectivity index (χ3n) is 9.23. The van der Waals surface area contributed by atoms with Gasteiger partial charge in [0.25, 0.3) is 0 Å². The maximum absolute atomic E-state index is 4.70. The molecule has 0 saturated carbocycles. The Morgan fingerprint density at radius 1 is 0.367 bits per heavy atom. The standard InChI is InChI=1S/C45H29N3Se/c1-4-14-30(15-5-1)33-20-10-11-21-35(33)36-26-27-41-45(37-22-12-13-23-40(37)49-41)43(36)38-25-24-34(31-16-6-2-7-17-31)42(32-18-8-3-9-19-32)44(38)39-28-29-46-48-47-39/h1-29H. The van der Waals surface area contributed by atoms with Crippen LogP contribution in [0.4, 0.5) is 0 Å². The zero-order valence-corrected chi connectivity index (χ0v) is 28.2. The fourth-order valence-electron chi connectivity index (χ4n) is 7.12. The van der Waals surface area contributed by atoms with Crippen LogP contribution in [0.15, 0.2) is 176 Å². The molecule has 0 radical (unpaired) electrons. The van der Waals surface area contributed by atoms with E-state index >= 15 is 0 Å². The van der Waals surface area contributed by atoms with Crippen molar-refractivity contribution in [3.8, 4) is 66.9 Å². The average Bonchev–Trinajstić information content (AvgIpc) is 3.57. The Morgan fingerprint density at radius 2 is 0.959 bits per heavy atom. The van der Waals surface area contributed by atoms with Crippen molar-refractivity contribution in [3.63, 3.8) is 0 Å². The SMILES string of the molecule is c1ccc(-c2ccccc2-c2ccc3[se]c4ccccc4c3c2-c2ccc(-c3ccccc3)c(-c3ccccc3)c2-c2ccnnn2)cc1. The van der Waals surface area contributed by atoms with Crippen molar-refractivity contribution < 1.29 is 0 Å². The summed E-state index contributed by atoms with van der Waals surface area (Å²) in [5, 5.41) is 15.6. The minimum absolute atomic E-state index is 0.195. The van der Waals surface area contributed by atoms with E-state index in [2.05, 4.69) is 174 Å². The molecule has 0 bridgehead atoms. The van der Waals surface area contributed by atoms with E-state index in [0.717, 1.165) is 39.1 Å². The van der Waals surface area contributed by atoms with E-state index < -0.39 is 0 Å². The molecule has 7 aromatic carbocycles. The van der Waals surface area contributed by atoms with Gasteiger partial charge in [-0.3, -0.25) is 0 Å². The summed E-state index contributed by atoms with van der Waals surface area (Å²) in [5.74, 6) is 0. The number of hydrogen-bond acceptors (Lipinski definition) is 3. The van der Waals surface area contributed by atoms with Crippen molar-refractivity contribution in [2.75, 3.05) is 0 Å². The summed E-state index contributed by atoms with van der Waals surface area (Å²) in [4.78, 5) is 0. The van der Waals surface area contributed by atoms with Gasteiger partial charge in [-0.2, -0.15) is 0 Å². The first kappa shape index (κ1) is 29.2. The van der Waals surface area contributed by atoms with Gasteiger partial charge in [0, 0.05) is 0 Å². The first-order valence-corrected chi connectivity index (χ1v) is 18.1. The summed E-state index contributed by atoms with van der Waals surface area (Å²) in [6, 6.07) is 61.0. The van der Waals surface area contributed by atoms with Crippen molar-refractivity contribution >= 4 is 33.8 Å². The molecule has 0 aliphatic heterocycles. The molecule has 0 saturated heterocycles. The molecular weight excluding hydrogens is 661 g/mol. The molecule has 0 atom stereocenters. The summed E-state index contributed by atoms with van der Waals surface area (Å²) in [6.07, 6.45) is 1.75. The Bertz CT molecular complexity index is 2580. The molecule has 0 N–H and O–H groups in total. The molecular formula is C45H29N3Se. The van der Waals surface area contributed by atoms with Crippen molar-refractivity contribution in [2.24, 2.45) is 0 Å². The number of nitrogens with zero attached hydrogens (tertiary/aromatic N) is 3. The normalized spacial score (nSPS) is 11.3. The quantitative estimate of drug-likeness (QED) is 0.163. The second kappa shape index (κ2) is 12.6. The van der Waals surface area contributed by atoms with Gasteiger partial charge in [-0.25, -0.2) is 0 Å². The summed E-state index contributed by atoms with van der Waals surface area (Å²) in [5.41, 5.74) is 13.5. The second-order valence-electron chi connectivity index (χ2n) is 12.0. The Hall–Kier alpha value is -5.93. The van der Waals surface area contributed by atoms with Crippen LogP contribution < -0.4 is 0 Å². The summed E-state index contributed by atoms with van der Waals surface area (Å²) >= 11 is 0.195. The molecule has 4 heteroatoms. The van der Waals surface area contributed by atoms with Gasteiger partial charge in [-0.05, 0) is 0 Å². The maximum atomic E-state index is 4.70. The Balaban J connectivity index is 1.47. The number of aromatic nitrogens is 3. The zero-order chi connectivity index (χ0) is 32.6. The second-order valence-corrected chi connectivity index (χ2v) is 14.3. The van der Waals surface area contributed by atoms with Crippen LogP contribution in [0.2, 0.25) is 0 Å². The number of rotatable bonds is 6. The van der Waals surface area contributed by atoms with Crippen LogP contribution >= 0.6 is 0 Å².